The van der Waals surface area contributed by atoms with Crippen LogP contribution in [-0.4, -0.2) is 35.9 Å². The highest BCUT2D eigenvalue weighted by Gasteiger charge is 2.10. The van der Waals surface area contributed by atoms with Gasteiger partial charge in [-0.2, -0.15) is 0 Å². The molecule has 27 heavy (non-hydrogen) atoms. The molecule has 0 saturated carbocycles. The first-order chi connectivity index (χ1) is 13.0. The van der Waals surface area contributed by atoms with Gasteiger partial charge < -0.3 is 14.8 Å². The lowest BCUT2D eigenvalue weighted by Gasteiger charge is -2.08. The average molecular weight is 370 g/mol. The van der Waals surface area contributed by atoms with Gasteiger partial charge in [0.25, 0.3) is 0 Å². The molecule has 2 aromatic heterocycles. The van der Waals surface area contributed by atoms with Crippen molar-refractivity contribution in [1.82, 2.24) is 19.7 Å². The van der Waals surface area contributed by atoms with Crippen LogP contribution in [0.3, 0.4) is 0 Å². The normalized spacial score (nSPS) is 10.9. The van der Waals surface area contributed by atoms with Crippen LogP contribution in [-0.2, 0) is 26.0 Å². The largest absolute Gasteiger partial charge is 0.478 e. The maximum absolute atomic E-state index is 13.0. The molecule has 2 heterocycles. The first-order valence-electron chi connectivity index (χ1n) is 8.50. The highest BCUT2D eigenvalue weighted by Crippen LogP contribution is 2.12. The molecule has 2 N–H and O–H groups in total. The maximum atomic E-state index is 13.0. The summed E-state index contributed by atoms with van der Waals surface area (Å²) in [7, 11) is 0. The summed E-state index contributed by atoms with van der Waals surface area (Å²) in [6.07, 6.45) is 3.51. The standard InChI is InChI=1S/C19H19FN4O3/c20-15-6-4-13(5-7-15)10-24-12-21-23-18(24)3-1-2-16-8-14(19(26)27)9-17(11-25)22-16/h4-9,12,25H,1-3,10-11H2,(H,26,27). The molecule has 0 saturated heterocycles. The quantitative estimate of drug-likeness (QED) is 0.631. The van der Waals surface area contributed by atoms with Crippen LogP contribution in [0, 0.1) is 5.82 Å². The number of benzene rings is 1. The topological polar surface area (TPSA) is 101 Å². The van der Waals surface area contributed by atoms with E-state index in [-0.39, 0.29) is 18.0 Å². The minimum atomic E-state index is -1.05. The van der Waals surface area contributed by atoms with Crippen molar-refractivity contribution in [2.45, 2.75) is 32.4 Å². The molecule has 0 amide bonds. The van der Waals surface area contributed by atoms with Crippen LogP contribution < -0.4 is 0 Å². The number of hydrogen-bond acceptors (Lipinski definition) is 5. The predicted octanol–water partition coefficient (Wildman–Crippen LogP) is 2.23. The summed E-state index contributed by atoms with van der Waals surface area (Å²) < 4.78 is 14.9. The van der Waals surface area contributed by atoms with Gasteiger partial charge in [0.1, 0.15) is 18.0 Å². The molecule has 3 aromatic rings. The van der Waals surface area contributed by atoms with Crippen LogP contribution in [0.25, 0.3) is 0 Å². The Balaban J connectivity index is 1.63. The van der Waals surface area contributed by atoms with E-state index in [1.54, 1.807) is 18.5 Å². The SMILES string of the molecule is O=C(O)c1cc(CO)nc(CCCc2nncn2Cc2ccc(F)cc2)c1. The van der Waals surface area contributed by atoms with E-state index in [1.165, 1.54) is 24.3 Å². The van der Waals surface area contributed by atoms with Gasteiger partial charge in [-0.1, -0.05) is 12.1 Å². The third kappa shape index (κ3) is 4.95. The second-order valence-electron chi connectivity index (χ2n) is 6.16. The summed E-state index contributed by atoms with van der Waals surface area (Å²) in [5.41, 5.74) is 2.01. The highest BCUT2D eigenvalue weighted by atomic mass is 19.1. The van der Waals surface area contributed by atoms with Crippen molar-refractivity contribution in [2.75, 3.05) is 0 Å². The fraction of sp³-hybridized carbons (Fsp3) is 0.263. The number of aryl methyl sites for hydroxylation is 2. The number of carboxylic acids is 1. The molecule has 7 nitrogen and oxygen atoms in total. The molecule has 0 aliphatic rings. The fourth-order valence-corrected chi connectivity index (χ4v) is 2.80. The molecule has 1 aromatic carbocycles. The second kappa shape index (κ2) is 8.50. The summed E-state index contributed by atoms with van der Waals surface area (Å²) in [5.74, 6) is -0.537. The average Bonchev–Trinajstić information content (AvgIpc) is 3.10. The molecule has 0 unspecified atom stereocenters. The number of aromatic nitrogens is 4. The molecule has 8 heteroatoms. The van der Waals surface area contributed by atoms with Gasteiger partial charge in [-0.25, -0.2) is 9.18 Å². The molecular formula is C19H19FN4O3. The number of nitrogens with zero attached hydrogens (tertiary/aromatic N) is 4. The Hall–Kier alpha value is -3.13. The molecule has 0 atom stereocenters. The van der Waals surface area contributed by atoms with Crippen molar-refractivity contribution in [3.8, 4) is 0 Å². The summed E-state index contributed by atoms with van der Waals surface area (Å²) in [6.45, 7) is 0.240. The zero-order valence-electron chi connectivity index (χ0n) is 14.5. The number of rotatable bonds is 8. The van der Waals surface area contributed by atoms with E-state index >= 15 is 0 Å². The lowest BCUT2D eigenvalue weighted by molar-refractivity contribution is 0.0696. The molecule has 0 fully saturated rings. The molecule has 0 radical (unpaired) electrons. The molecular weight excluding hydrogens is 351 g/mol. The van der Waals surface area contributed by atoms with Crippen molar-refractivity contribution in [1.29, 1.82) is 0 Å². The number of hydrogen-bond donors (Lipinski definition) is 2. The Morgan fingerprint density at radius 3 is 2.56 bits per heavy atom. The summed E-state index contributed by atoms with van der Waals surface area (Å²) in [6, 6.07) is 9.15. The summed E-state index contributed by atoms with van der Waals surface area (Å²) in [5, 5.41) is 26.4. The van der Waals surface area contributed by atoms with Crippen molar-refractivity contribution >= 4 is 5.97 Å². The maximum Gasteiger partial charge on any atom is 0.335 e. The Morgan fingerprint density at radius 1 is 1.11 bits per heavy atom. The smallest absolute Gasteiger partial charge is 0.335 e. The monoisotopic (exact) mass is 370 g/mol. The van der Waals surface area contributed by atoms with Gasteiger partial charge in [0.15, 0.2) is 0 Å². The van der Waals surface area contributed by atoms with Crippen LogP contribution >= 0.6 is 0 Å². The van der Waals surface area contributed by atoms with Gasteiger partial charge >= 0.3 is 5.97 Å². The molecule has 0 bridgehead atoms. The van der Waals surface area contributed by atoms with E-state index in [1.807, 2.05) is 4.57 Å². The zero-order chi connectivity index (χ0) is 19.2. The second-order valence-corrected chi connectivity index (χ2v) is 6.16. The summed E-state index contributed by atoms with van der Waals surface area (Å²) >= 11 is 0. The Kier molecular flexibility index (Phi) is 5.87. The summed E-state index contributed by atoms with van der Waals surface area (Å²) in [4.78, 5) is 15.4. The lowest BCUT2D eigenvalue weighted by atomic mass is 10.1. The number of aliphatic hydroxyl groups excluding tert-OH is 1. The number of aliphatic hydroxyl groups is 1. The van der Waals surface area contributed by atoms with Crippen molar-refractivity contribution in [3.05, 3.63) is 76.9 Å². The zero-order valence-corrected chi connectivity index (χ0v) is 14.5. The molecule has 0 spiro atoms. The van der Waals surface area contributed by atoms with Crippen LogP contribution in [0.5, 0.6) is 0 Å². The van der Waals surface area contributed by atoms with Crippen LogP contribution in [0.4, 0.5) is 4.39 Å². The van der Waals surface area contributed by atoms with Gasteiger partial charge in [-0.15, -0.1) is 10.2 Å². The van der Waals surface area contributed by atoms with Gasteiger partial charge in [0.05, 0.1) is 24.4 Å². The van der Waals surface area contributed by atoms with Crippen molar-refractivity contribution < 1.29 is 19.4 Å². The number of aromatic carboxylic acids is 1. The van der Waals surface area contributed by atoms with E-state index < -0.39 is 5.97 Å². The third-order valence-electron chi connectivity index (χ3n) is 4.14. The lowest BCUT2D eigenvalue weighted by Crippen LogP contribution is -2.07. The fourth-order valence-electron chi connectivity index (χ4n) is 2.80. The Labute approximate surface area is 155 Å². The molecule has 140 valence electrons. The van der Waals surface area contributed by atoms with E-state index in [9.17, 15) is 14.3 Å². The van der Waals surface area contributed by atoms with E-state index in [2.05, 4.69) is 15.2 Å². The molecule has 0 aliphatic carbocycles. The van der Waals surface area contributed by atoms with Crippen LogP contribution in [0.15, 0.2) is 42.7 Å². The third-order valence-corrected chi connectivity index (χ3v) is 4.14. The number of carbonyl (C=O) groups is 1. The molecule has 0 aliphatic heterocycles. The van der Waals surface area contributed by atoms with Gasteiger partial charge in [0.2, 0.25) is 0 Å². The predicted molar refractivity (Wildman–Crippen MR) is 94.7 cm³/mol. The number of carboxylic acid groups (broad SMARTS) is 1. The van der Waals surface area contributed by atoms with Crippen LogP contribution in [0.2, 0.25) is 0 Å². The van der Waals surface area contributed by atoms with E-state index in [0.717, 1.165) is 11.4 Å². The molecule has 3 rings (SSSR count). The first-order valence-corrected chi connectivity index (χ1v) is 8.50. The minimum absolute atomic E-state index is 0.114. The van der Waals surface area contributed by atoms with Gasteiger partial charge in [0, 0.05) is 12.1 Å². The van der Waals surface area contributed by atoms with E-state index in [0.29, 0.717) is 37.2 Å². The van der Waals surface area contributed by atoms with Crippen molar-refractivity contribution in [2.24, 2.45) is 0 Å². The number of halogens is 1. The minimum Gasteiger partial charge on any atom is -0.478 e. The van der Waals surface area contributed by atoms with Gasteiger partial charge in [-0.05, 0) is 42.7 Å². The highest BCUT2D eigenvalue weighted by molar-refractivity contribution is 5.87. The Bertz CT molecular complexity index is 925. The number of pyridine rings is 1. The van der Waals surface area contributed by atoms with Gasteiger partial charge in [-0.3, -0.25) is 4.98 Å². The van der Waals surface area contributed by atoms with Crippen LogP contribution in [0.1, 0.15) is 39.6 Å². The first kappa shape index (κ1) is 18.7. The Morgan fingerprint density at radius 2 is 1.85 bits per heavy atom. The van der Waals surface area contributed by atoms with Crippen molar-refractivity contribution in [3.63, 3.8) is 0 Å². The van der Waals surface area contributed by atoms with E-state index in [4.69, 9.17) is 5.11 Å².